The Hall–Kier alpha value is -2.94. The maximum Gasteiger partial charge on any atom is 0.471 e. The van der Waals surface area contributed by atoms with Crippen LogP contribution in [0.1, 0.15) is 65.2 Å². The number of halogens is 6. The summed E-state index contributed by atoms with van der Waals surface area (Å²) >= 11 is 0. The molecule has 0 aliphatic rings. The minimum absolute atomic E-state index is 0.0186. The number of nitrogens with zero attached hydrogens (tertiary/aromatic N) is 2. The second kappa shape index (κ2) is 20.0. The maximum atomic E-state index is 12.4. The first-order valence-electron chi connectivity index (χ1n) is 13.3. The number of carbonyl (C=O) groups excluding carboxylic acids is 4. The lowest BCUT2D eigenvalue weighted by atomic mass is 10.2. The van der Waals surface area contributed by atoms with Crippen molar-refractivity contribution in [1.29, 1.82) is 0 Å². The molecule has 234 valence electrons. The Morgan fingerprint density at radius 1 is 0.575 bits per heavy atom. The van der Waals surface area contributed by atoms with E-state index in [2.05, 4.69) is 0 Å². The molecule has 4 amide bonds. The van der Waals surface area contributed by atoms with Gasteiger partial charge in [0.25, 0.3) is 0 Å². The van der Waals surface area contributed by atoms with Gasteiger partial charge in [0.15, 0.2) is 0 Å². The van der Waals surface area contributed by atoms with Gasteiger partial charge in [-0.2, -0.15) is 26.3 Å². The highest BCUT2D eigenvalue weighted by Crippen LogP contribution is 2.15. The van der Waals surface area contributed by atoms with Gasteiger partial charge in [-0.15, -0.1) is 0 Å². The van der Waals surface area contributed by atoms with Crippen LogP contribution in [0, 0.1) is 0 Å². The van der Waals surface area contributed by atoms with Crippen molar-refractivity contribution < 1.29 is 55.0 Å². The predicted octanol–water partition coefficient (Wildman–Crippen LogP) is 4.38. The van der Waals surface area contributed by atoms with Crippen molar-refractivity contribution in [1.82, 2.24) is 20.4 Å². The van der Waals surface area contributed by atoms with E-state index in [4.69, 9.17) is 9.47 Å². The average Bonchev–Trinajstić information content (AvgIpc) is 2.87. The molecule has 0 aromatic heterocycles. The molecular weight excluding hydrogens is 554 g/mol. The average molecular weight is 595 g/mol. The van der Waals surface area contributed by atoms with E-state index in [-0.39, 0.29) is 65.3 Å². The SMILES string of the molecule is CCCCOC(=O)N(CCCCN(CCCNC(=O)C(F)(F)F)C(=O)OCCCC)CCCNC(=O)C(F)(F)F. The zero-order chi connectivity index (χ0) is 30.6. The van der Waals surface area contributed by atoms with Crippen LogP contribution in [-0.4, -0.2) is 98.6 Å². The second-order valence-electron chi connectivity index (χ2n) is 8.83. The van der Waals surface area contributed by atoms with Gasteiger partial charge >= 0.3 is 36.4 Å². The molecule has 0 rings (SSSR count). The maximum absolute atomic E-state index is 12.4. The first-order chi connectivity index (χ1) is 18.7. The van der Waals surface area contributed by atoms with E-state index in [9.17, 15) is 45.5 Å². The summed E-state index contributed by atoms with van der Waals surface area (Å²) in [6, 6.07) is 0. The van der Waals surface area contributed by atoms with E-state index >= 15 is 0 Å². The predicted molar refractivity (Wildman–Crippen MR) is 132 cm³/mol. The Morgan fingerprint density at radius 2 is 0.900 bits per heavy atom. The molecule has 0 radical (unpaired) electrons. The van der Waals surface area contributed by atoms with Crippen LogP contribution in [0.3, 0.4) is 0 Å². The first-order valence-corrected chi connectivity index (χ1v) is 13.3. The summed E-state index contributed by atoms with van der Waals surface area (Å²) in [5.74, 6) is -4.15. The molecule has 0 saturated carbocycles. The number of carbonyl (C=O) groups is 4. The number of alkyl halides is 6. The van der Waals surface area contributed by atoms with Gasteiger partial charge in [-0.3, -0.25) is 9.59 Å². The van der Waals surface area contributed by atoms with Gasteiger partial charge in [-0.1, -0.05) is 26.7 Å². The number of unbranched alkanes of at least 4 members (excludes halogenated alkanes) is 3. The van der Waals surface area contributed by atoms with Crippen LogP contribution in [0.2, 0.25) is 0 Å². The van der Waals surface area contributed by atoms with Gasteiger partial charge in [-0.05, 0) is 38.5 Å². The summed E-state index contributed by atoms with van der Waals surface area (Å²) in [4.78, 5) is 49.3. The van der Waals surface area contributed by atoms with E-state index in [1.54, 1.807) is 10.6 Å². The standard InChI is InChI=1S/C24H40F6N4O6/c1-3-5-17-39-21(37)33(15-9-11-31-19(35)23(25,26)27)13-7-8-14-34(22(38)40-18-6-4-2)16-10-12-32-20(36)24(28,29)30/h3-18H2,1-2H3,(H,31,35)(H,32,36). The highest BCUT2D eigenvalue weighted by molar-refractivity contribution is 5.82. The van der Waals surface area contributed by atoms with Crippen molar-refractivity contribution >= 4 is 24.0 Å². The highest BCUT2D eigenvalue weighted by Gasteiger charge is 2.38. The fourth-order valence-electron chi connectivity index (χ4n) is 3.13. The van der Waals surface area contributed by atoms with Crippen molar-refractivity contribution in [2.75, 3.05) is 52.5 Å². The Labute approximate surface area is 230 Å². The zero-order valence-electron chi connectivity index (χ0n) is 22.9. The van der Waals surface area contributed by atoms with E-state index in [0.717, 1.165) is 12.8 Å². The molecule has 0 aromatic carbocycles. The molecule has 0 saturated heterocycles. The smallest absolute Gasteiger partial charge is 0.449 e. The summed E-state index contributed by atoms with van der Waals surface area (Å²) in [6.07, 6.45) is -7.71. The van der Waals surface area contributed by atoms with E-state index < -0.39 is 36.4 Å². The number of amides is 4. The summed E-state index contributed by atoms with van der Waals surface area (Å²) in [6.45, 7) is 3.86. The van der Waals surface area contributed by atoms with Crippen molar-refractivity contribution in [3.8, 4) is 0 Å². The molecule has 2 N–H and O–H groups in total. The minimum atomic E-state index is -5.01. The first kappa shape index (κ1) is 37.1. The molecule has 0 atom stereocenters. The number of rotatable bonds is 19. The zero-order valence-corrected chi connectivity index (χ0v) is 22.9. The van der Waals surface area contributed by atoms with Crippen LogP contribution in [0.15, 0.2) is 0 Å². The second-order valence-corrected chi connectivity index (χ2v) is 8.83. The van der Waals surface area contributed by atoms with Gasteiger partial charge < -0.3 is 29.9 Å². The third kappa shape index (κ3) is 17.6. The molecule has 10 nitrogen and oxygen atoms in total. The Bertz CT molecular complexity index is 705. The molecule has 16 heteroatoms. The quantitative estimate of drug-likeness (QED) is 0.169. The molecule has 0 heterocycles. The largest absolute Gasteiger partial charge is 0.471 e. The molecule has 0 spiro atoms. The van der Waals surface area contributed by atoms with Crippen molar-refractivity contribution in [3.05, 3.63) is 0 Å². The lowest BCUT2D eigenvalue weighted by molar-refractivity contribution is -0.173. The van der Waals surface area contributed by atoms with Crippen molar-refractivity contribution in [2.45, 2.75) is 77.6 Å². The molecule has 0 aliphatic heterocycles. The molecule has 0 aliphatic carbocycles. The third-order valence-corrected chi connectivity index (χ3v) is 5.36. The van der Waals surface area contributed by atoms with E-state index in [1.165, 1.54) is 9.80 Å². The Morgan fingerprint density at radius 3 is 1.20 bits per heavy atom. The van der Waals surface area contributed by atoms with Crippen molar-refractivity contribution in [3.63, 3.8) is 0 Å². The molecular formula is C24H40F6N4O6. The Kier molecular flexibility index (Phi) is 18.5. The number of hydrogen-bond acceptors (Lipinski definition) is 6. The third-order valence-electron chi connectivity index (χ3n) is 5.36. The topological polar surface area (TPSA) is 117 Å². The van der Waals surface area contributed by atoms with E-state index in [0.29, 0.717) is 25.7 Å². The molecule has 0 aromatic rings. The van der Waals surface area contributed by atoms with Crippen LogP contribution in [0.5, 0.6) is 0 Å². The van der Waals surface area contributed by atoms with Gasteiger partial charge in [0.05, 0.1) is 13.2 Å². The fourth-order valence-corrected chi connectivity index (χ4v) is 3.13. The van der Waals surface area contributed by atoms with Crippen LogP contribution < -0.4 is 10.6 Å². The molecule has 0 unspecified atom stereocenters. The molecule has 0 bridgehead atoms. The van der Waals surface area contributed by atoms with Crippen LogP contribution in [-0.2, 0) is 19.1 Å². The highest BCUT2D eigenvalue weighted by atomic mass is 19.4. The monoisotopic (exact) mass is 594 g/mol. The summed E-state index contributed by atoms with van der Waals surface area (Å²) in [5, 5.41) is 3.47. The minimum Gasteiger partial charge on any atom is -0.449 e. The fraction of sp³-hybridized carbons (Fsp3) is 0.833. The van der Waals surface area contributed by atoms with Gasteiger partial charge in [0.1, 0.15) is 0 Å². The summed E-state index contributed by atoms with van der Waals surface area (Å²) < 4.78 is 84.4. The normalized spacial score (nSPS) is 11.5. The van der Waals surface area contributed by atoms with Crippen LogP contribution >= 0.6 is 0 Å². The van der Waals surface area contributed by atoms with Gasteiger partial charge in [-0.25, -0.2) is 9.59 Å². The number of nitrogens with one attached hydrogen (secondary N) is 2. The van der Waals surface area contributed by atoms with Crippen LogP contribution in [0.4, 0.5) is 35.9 Å². The number of ether oxygens (including phenoxy) is 2. The Balaban J connectivity index is 4.89. The molecule has 40 heavy (non-hydrogen) atoms. The molecule has 0 fully saturated rings. The van der Waals surface area contributed by atoms with Crippen molar-refractivity contribution in [2.24, 2.45) is 0 Å². The number of hydrogen-bond donors (Lipinski definition) is 2. The lowest BCUT2D eigenvalue weighted by Gasteiger charge is -2.24. The lowest BCUT2D eigenvalue weighted by Crippen LogP contribution is -2.40. The summed E-state index contributed by atoms with van der Waals surface area (Å²) in [5.41, 5.74) is 0. The summed E-state index contributed by atoms with van der Waals surface area (Å²) in [7, 11) is 0. The van der Waals surface area contributed by atoms with Gasteiger partial charge in [0, 0.05) is 39.3 Å². The van der Waals surface area contributed by atoms with E-state index in [1.807, 2.05) is 13.8 Å². The van der Waals surface area contributed by atoms with Crippen LogP contribution in [0.25, 0.3) is 0 Å². The van der Waals surface area contributed by atoms with Gasteiger partial charge in [0.2, 0.25) is 0 Å².